The Morgan fingerprint density at radius 1 is 1.21 bits per heavy atom. The Hall–Kier alpha value is -2.64. The van der Waals surface area contributed by atoms with Gasteiger partial charge in [-0.3, -0.25) is 4.79 Å². The maximum Gasteiger partial charge on any atom is 0.207 e. The monoisotopic (exact) mass is 411 g/mol. The molecule has 0 unspecified atom stereocenters. The van der Waals surface area contributed by atoms with Crippen molar-refractivity contribution in [1.82, 2.24) is 9.55 Å². The van der Waals surface area contributed by atoms with Crippen LogP contribution in [0.3, 0.4) is 0 Å². The number of aryl methyl sites for hydroxylation is 1. The molecule has 3 heterocycles. The van der Waals surface area contributed by atoms with Crippen LogP contribution in [0, 0.1) is 6.92 Å². The zero-order chi connectivity index (χ0) is 20.6. The lowest BCUT2D eigenvalue weighted by molar-refractivity contribution is 0.0234. The van der Waals surface area contributed by atoms with E-state index in [4.69, 9.17) is 9.57 Å². The number of rotatable bonds is 5. The van der Waals surface area contributed by atoms with Crippen LogP contribution in [0.4, 0.5) is 5.13 Å². The Morgan fingerprint density at radius 2 is 1.97 bits per heavy atom. The minimum atomic E-state index is -0.223. The maximum absolute atomic E-state index is 12.0. The van der Waals surface area contributed by atoms with Crippen molar-refractivity contribution in [3.63, 3.8) is 0 Å². The number of thiazole rings is 1. The van der Waals surface area contributed by atoms with Gasteiger partial charge in [-0.2, -0.15) is 0 Å². The minimum absolute atomic E-state index is 0.154. The number of nitrogens with zero attached hydrogens (tertiary/aromatic N) is 2. The molecular formula is C22H25N3O3S. The number of carbonyl (C=O) groups excluding carboxylic acids is 1. The van der Waals surface area contributed by atoms with Gasteiger partial charge in [0.25, 0.3) is 0 Å². The second kappa shape index (κ2) is 7.65. The van der Waals surface area contributed by atoms with Crippen LogP contribution in [-0.2, 0) is 4.84 Å². The number of Topliss-reactive ketones (excluding diaryl/α,β-unsaturated/α-hetero) is 1. The first kappa shape index (κ1) is 19.7. The summed E-state index contributed by atoms with van der Waals surface area (Å²) in [6.45, 7) is 8.08. The van der Waals surface area contributed by atoms with Crippen LogP contribution in [-0.4, -0.2) is 20.9 Å². The van der Waals surface area contributed by atoms with Gasteiger partial charge in [-0.15, -0.1) is 0 Å². The Balaban J connectivity index is 1.45. The normalized spacial score (nSPS) is 16.6. The Labute approximate surface area is 174 Å². The molecule has 0 saturated heterocycles. The summed E-state index contributed by atoms with van der Waals surface area (Å²) >= 11 is 1.54. The third-order valence-corrected chi connectivity index (χ3v) is 5.72. The highest BCUT2D eigenvalue weighted by molar-refractivity contribution is 7.19. The summed E-state index contributed by atoms with van der Waals surface area (Å²) in [4.78, 5) is 23.5. The molecule has 7 heteroatoms. The van der Waals surface area contributed by atoms with Gasteiger partial charge in [0.15, 0.2) is 12.0 Å². The van der Waals surface area contributed by atoms with Crippen LogP contribution in [0.25, 0.3) is 10.4 Å². The summed E-state index contributed by atoms with van der Waals surface area (Å²) in [6.07, 6.45) is 2.78. The number of anilines is 1. The zero-order valence-corrected chi connectivity index (χ0v) is 17.9. The van der Waals surface area contributed by atoms with E-state index in [1.54, 1.807) is 0 Å². The van der Waals surface area contributed by atoms with Crippen LogP contribution >= 0.6 is 11.3 Å². The summed E-state index contributed by atoms with van der Waals surface area (Å²) in [5.41, 5.74) is 5.48. The van der Waals surface area contributed by atoms with Crippen molar-refractivity contribution >= 4 is 22.3 Å². The fourth-order valence-electron chi connectivity index (χ4n) is 3.37. The van der Waals surface area contributed by atoms with Gasteiger partial charge < -0.3 is 9.30 Å². The van der Waals surface area contributed by atoms with Gasteiger partial charge in [-0.05, 0) is 69.7 Å². The first-order chi connectivity index (χ1) is 13.8. The molecular weight excluding hydrogens is 386 g/mol. The minimum Gasteiger partial charge on any atom is -0.488 e. The smallest absolute Gasteiger partial charge is 0.207 e. The molecule has 4 rings (SSSR count). The molecule has 0 saturated carbocycles. The van der Waals surface area contributed by atoms with Crippen LogP contribution in [0.15, 0.2) is 42.6 Å². The van der Waals surface area contributed by atoms with E-state index in [2.05, 4.69) is 10.5 Å². The summed E-state index contributed by atoms with van der Waals surface area (Å²) in [5, 5.41) is 0.693. The predicted octanol–water partition coefficient (Wildman–Crippen LogP) is 5.62. The lowest BCUT2D eigenvalue weighted by atomic mass is 10.1. The van der Waals surface area contributed by atoms with Crippen LogP contribution in [0.5, 0.6) is 5.75 Å². The molecule has 0 fully saturated rings. The lowest BCUT2D eigenvalue weighted by Gasteiger charge is -2.24. The molecule has 6 nitrogen and oxygen atoms in total. The van der Waals surface area contributed by atoms with Gasteiger partial charge in [0.2, 0.25) is 5.13 Å². The molecule has 0 spiro atoms. The van der Waals surface area contributed by atoms with Gasteiger partial charge in [0.05, 0.1) is 16.3 Å². The van der Waals surface area contributed by atoms with Crippen molar-refractivity contribution in [3.8, 4) is 16.2 Å². The second-order valence-electron chi connectivity index (χ2n) is 8.11. The topological polar surface area (TPSA) is 65.4 Å². The summed E-state index contributed by atoms with van der Waals surface area (Å²) in [6, 6.07) is 11.8. The van der Waals surface area contributed by atoms with Crippen molar-refractivity contribution in [2.24, 2.45) is 0 Å². The first-order valence-corrected chi connectivity index (χ1v) is 10.5. The largest absolute Gasteiger partial charge is 0.488 e. The quantitative estimate of drug-likeness (QED) is 0.552. The van der Waals surface area contributed by atoms with E-state index in [0.717, 1.165) is 21.9 Å². The summed E-state index contributed by atoms with van der Waals surface area (Å²) < 4.78 is 7.76. The fourth-order valence-corrected chi connectivity index (χ4v) is 4.29. The van der Waals surface area contributed by atoms with Crippen LogP contribution < -0.4 is 10.2 Å². The Bertz CT molecular complexity index is 1010. The standard InChI is InChI=1S/C22H25N3O3S/c1-14-20(15-7-9-16(10-8-15)27-22(2,3)4)29-21(23-14)24-28-19-12-11-18(26)17-6-5-13-25(17)19/h5-10,13,19H,11-12H2,1-4H3,(H,23,24)/t19-/m1/s1. The highest BCUT2D eigenvalue weighted by Crippen LogP contribution is 2.35. The number of aromatic nitrogens is 2. The van der Waals surface area contributed by atoms with E-state index in [1.165, 1.54) is 11.3 Å². The van der Waals surface area contributed by atoms with Crippen molar-refractivity contribution in [1.29, 1.82) is 0 Å². The van der Waals surface area contributed by atoms with Crippen molar-refractivity contribution in [3.05, 3.63) is 54.0 Å². The van der Waals surface area contributed by atoms with E-state index in [1.807, 2.05) is 74.9 Å². The molecule has 0 aliphatic carbocycles. The van der Waals surface area contributed by atoms with E-state index >= 15 is 0 Å². The molecule has 1 aliphatic heterocycles. The van der Waals surface area contributed by atoms with E-state index in [0.29, 0.717) is 23.7 Å². The van der Waals surface area contributed by atoms with Crippen molar-refractivity contribution in [2.75, 3.05) is 5.48 Å². The molecule has 29 heavy (non-hydrogen) atoms. The Kier molecular flexibility index (Phi) is 5.19. The molecule has 0 bridgehead atoms. The summed E-state index contributed by atoms with van der Waals surface area (Å²) in [7, 11) is 0. The van der Waals surface area contributed by atoms with Crippen molar-refractivity contribution in [2.45, 2.75) is 52.4 Å². The maximum atomic E-state index is 12.0. The number of ketones is 1. The number of hydrogen-bond acceptors (Lipinski definition) is 6. The van der Waals surface area contributed by atoms with E-state index < -0.39 is 0 Å². The molecule has 2 aromatic heterocycles. The predicted molar refractivity (Wildman–Crippen MR) is 114 cm³/mol. The van der Waals surface area contributed by atoms with E-state index in [9.17, 15) is 4.79 Å². The number of benzene rings is 1. The van der Waals surface area contributed by atoms with Crippen LogP contribution in [0.1, 0.15) is 56.0 Å². The highest BCUT2D eigenvalue weighted by atomic mass is 32.1. The summed E-state index contributed by atoms with van der Waals surface area (Å²) in [5.74, 6) is 1.00. The third-order valence-electron chi connectivity index (χ3n) is 4.61. The molecule has 1 aliphatic rings. The molecule has 1 atom stereocenters. The average Bonchev–Trinajstić information content (AvgIpc) is 3.28. The number of fused-ring (bicyclic) bond motifs is 1. The Morgan fingerprint density at radius 3 is 2.69 bits per heavy atom. The lowest BCUT2D eigenvalue weighted by Crippen LogP contribution is -2.25. The second-order valence-corrected chi connectivity index (χ2v) is 9.11. The molecule has 0 amide bonds. The average molecular weight is 412 g/mol. The molecule has 3 aromatic rings. The third kappa shape index (κ3) is 4.36. The van der Waals surface area contributed by atoms with Crippen LogP contribution in [0.2, 0.25) is 0 Å². The number of ether oxygens (including phenoxy) is 1. The molecule has 1 N–H and O–H groups in total. The highest BCUT2D eigenvalue weighted by Gasteiger charge is 2.25. The number of carbonyl (C=O) groups is 1. The van der Waals surface area contributed by atoms with Gasteiger partial charge in [0, 0.05) is 19.0 Å². The number of hydrogen-bond donors (Lipinski definition) is 1. The van der Waals surface area contributed by atoms with Crippen molar-refractivity contribution < 1.29 is 14.4 Å². The number of nitrogens with one attached hydrogen (secondary N) is 1. The van der Waals surface area contributed by atoms with Gasteiger partial charge in [-0.25, -0.2) is 15.3 Å². The van der Waals surface area contributed by atoms with Gasteiger partial charge in [-0.1, -0.05) is 11.3 Å². The zero-order valence-electron chi connectivity index (χ0n) is 17.1. The fraction of sp³-hybridized carbons (Fsp3) is 0.364. The molecule has 0 radical (unpaired) electrons. The molecule has 152 valence electrons. The van der Waals surface area contributed by atoms with Gasteiger partial charge >= 0.3 is 0 Å². The first-order valence-electron chi connectivity index (χ1n) is 9.69. The van der Waals surface area contributed by atoms with E-state index in [-0.39, 0.29) is 17.6 Å². The molecule has 1 aromatic carbocycles. The SMILES string of the molecule is Cc1nc(NO[C@@H]2CCC(=O)c3cccn32)sc1-c1ccc(OC(C)(C)C)cc1. The van der Waals surface area contributed by atoms with Gasteiger partial charge in [0.1, 0.15) is 11.4 Å².